The lowest BCUT2D eigenvalue weighted by Crippen LogP contribution is -2.51. The van der Waals surface area contributed by atoms with Gasteiger partial charge < -0.3 is 20.1 Å². The molecule has 0 radical (unpaired) electrons. The van der Waals surface area contributed by atoms with Crippen molar-refractivity contribution in [1.82, 2.24) is 30.6 Å². The highest BCUT2D eigenvalue weighted by atomic mass is 16.5. The first-order valence-electron chi connectivity index (χ1n) is 9.96. The van der Waals surface area contributed by atoms with Crippen LogP contribution in [-0.2, 0) is 19.0 Å². The second kappa shape index (κ2) is 8.62. The van der Waals surface area contributed by atoms with Crippen molar-refractivity contribution in [2.45, 2.75) is 58.5 Å². The summed E-state index contributed by atoms with van der Waals surface area (Å²) >= 11 is 0. The Morgan fingerprint density at radius 2 is 2.21 bits per heavy atom. The van der Waals surface area contributed by atoms with Gasteiger partial charge in [0.15, 0.2) is 11.8 Å². The van der Waals surface area contributed by atoms with Gasteiger partial charge in [0.2, 0.25) is 5.89 Å². The van der Waals surface area contributed by atoms with Gasteiger partial charge in [-0.2, -0.15) is 10.1 Å². The first-order chi connectivity index (χ1) is 13.3. The standard InChI is InChI=1S/C19H32N8O/c1-6-20-18(21-11-16-24-17(28-25-16)19(2,3)4)23-14-8-7-9-27(12-14)15-10-22-26(5)13-15/h10,13-14H,6-9,11-12H2,1-5H3,(H2,20,21,23). The molecule has 0 spiro atoms. The van der Waals surface area contributed by atoms with Gasteiger partial charge in [-0.05, 0) is 19.8 Å². The van der Waals surface area contributed by atoms with Crippen LogP contribution in [0.1, 0.15) is 52.3 Å². The highest BCUT2D eigenvalue weighted by molar-refractivity contribution is 5.80. The molecule has 2 N–H and O–H groups in total. The topological polar surface area (TPSA) is 96.4 Å². The molecule has 2 aromatic rings. The summed E-state index contributed by atoms with van der Waals surface area (Å²) in [6.45, 7) is 11.4. The van der Waals surface area contributed by atoms with E-state index in [4.69, 9.17) is 4.52 Å². The average molecular weight is 389 g/mol. The third kappa shape index (κ3) is 5.24. The van der Waals surface area contributed by atoms with Crippen molar-refractivity contribution >= 4 is 11.6 Å². The number of guanidine groups is 1. The maximum absolute atomic E-state index is 5.35. The minimum absolute atomic E-state index is 0.157. The average Bonchev–Trinajstić information content (AvgIpc) is 3.29. The Balaban J connectivity index is 1.61. The summed E-state index contributed by atoms with van der Waals surface area (Å²) in [5, 5.41) is 15.2. The maximum atomic E-state index is 5.35. The number of hydrogen-bond donors (Lipinski definition) is 2. The van der Waals surface area contributed by atoms with Crippen LogP contribution < -0.4 is 15.5 Å². The van der Waals surface area contributed by atoms with E-state index in [1.807, 2.05) is 17.9 Å². The van der Waals surface area contributed by atoms with Gasteiger partial charge >= 0.3 is 0 Å². The van der Waals surface area contributed by atoms with Crippen molar-refractivity contribution in [3.05, 3.63) is 24.1 Å². The number of aromatic nitrogens is 4. The number of nitrogens with zero attached hydrogens (tertiary/aromatic N) is 6. The molecular weight excluding hydrogens is 356 g/mol. The quantitative estimate of drug-likeness (QED) is 0.596. The van der Waals surface area contributed by atoms with E-state index >= 15 is 0 Å². The third-order valence-electron chi connectivity index (χ3n) is 4.65. The summed E-state index contributed by atoms with van der Waals surface area (Å²) in [5.74, 6) is 2.01. The van der Waals surface area contributed by atoms with Gasteiger partial charge in [0.25, 0.3) is 0 Å². The fraction of sp³-hybridized carbons (Fsp3) is 0.684. The summed E-state index contributed by atoms with van der Waals surface area (Å²) in [7, 11) is 1.95. The Hall–Kier alpha value is -2.58. The lowest BCUT2D eigenvalue weighted by Gasteiger charge is -2.34. The van der Waals surface area contributed by atoms with Gasteiger partial charge in [-0.1, -0.05) is 25.9 Å². The molecule has 0 saturated carbocycles. The van der Waals surface area contributed by atoms with E-state index in [-0.39, 0.29) is 5.41 Å². The first kappa shape index (κ1) is 20.2. The Kier molecular flexibility index (Phi) is 6.21. The Bertz CT molecular complexity index is 788. The van der Waals surface area contributed by atoms with Crippen LogP contribution in [0.15, 0.2) is 21.9 Å². The molecule has 9 heteroatoms. The molecule has 3 rings (SSSR count). The van der Waals surface area contributed by atoms with Gasteiger partial charge in [0, 0.05) is 44.3 Å². The summed E-state index contributed by atoms with van der Waals surface area (Å²) in [4.78, 5) is 11.5. The molecule has 1 saturated heterocycles. The van der Waals surface area contributed by atoms with Crippen molar-refractivity contribution in [2.24, 2.45) is 12.0 Å². The lowest BCUT2D eigenvalue weighted by molar-refractivity contribution is 0.318. The molecule has 1 aliphatic heterocycles. The molecule has 0 bridgehead atoms. The van der Waals surface area contributed by atoms with Gasteiger partial charge in [0.05, 0.1) is 11.9 Å². The van der Waals surface area contributed by atoms with Gasteiger partial charge in [-0.25, -0.2) is 4.99 Å². The molecule has 28 heavy (non-hydrogen) atoms. The molecular formula is C19H32N8O. The largest absolute Gasteiger partial charge is 0.367 e. The molecule has 0 aromatic carbocycles. The molecule has 1 atom stereocenters. The van der Waals surface area contributed by atoms with E-state index in [1.165, 1.54) is 0 Å². The highest BCUT2D eigenvalue weighted by Gasteiger charge is 2.23. The number of rotatable bonds is 5. The number of piperidine rings is 1. The third-order valence-corrected chi connectivity index (χ3v) is 4.65. The predicted octanol–water partition coefficient (Wildman–Crippen LogP) is 1.82. The van der Waals surface area contributed by atoms with E-state index in [0.29, 0.717) is 24.3 Å². The summed E-state index contributed by atoms with van der Waals surface area (Å²) in [6, 6.07) is 0.321. The summed E-state index contributed by atoms with van der Waals surface area (Å²) < 4.78 is 7.19. The molecule has 154 valence electrons. The number of nitrogens with one attached hydrogen (secondary N) is 2. The Morgan fingerprint density at radius 3 is 2.86 bits per heavy atom. The van der Waals surface area contributed by atoms with E-state index in [2.05, 4.69) is 69.7 Å². The van der Waals surface area contributed by atoms with Gasteiger partial charge in [-0.15, -0.1) is 0 Å². The van der Waals surface area contributed by atoms with E-state index in [9.17, 15) is 0 Å². The first-order valence-corrected chi connectivity index (χ1v) is 9.96. The molecule has 1 fully saturated rings. The molecule has 0 aliphatic carbocycles. The second-order valence-corrected chi connectivity index (χ2v) is 8.26. The lowest BCUT2D eigenvalue weighted by atomic mass is 9.97. The van der Waals surface area contributed by atoms with Crippen LogP contribution in [0, 0.1) is 0 Å². The number of hydrogen-bond acceptors (Lipinski definition) is 6. The van der Waals surface area contributed by atoms with Gasteiger partial charge in [-0.3, -0.25) is 4.68 Å². The van der Waals surface area contributed by atoms with Crippen molar-refractivity contribution in [3.8, 4) is 0 Å². The van der Waals surface area contributed by atoms with E-state index < -0.39 is 0 Å². The fourth-order valence-corrected chi connectivity index (χ4v) is 3.19. The summed E-state index contributed by atoms with van der Waals surface area (Å²) in [5.41, 5.74) is 1.01. The number of anilines is 1. The molecule has 0 amide bonds. The molecule has 3 heterocycles. The van der Waals surface area contributed by atoms with Crippen molar-refractivity contribution < 1.29 is 4.52 Å². The normalized spacial score (nSPS) is 18.4. The van der Waals surface area contributed by atoms with Crippen molar-refractivity contribution in [1.29, 1.82) is 0 Å². The van der Waals surface area contributed by atoms with Crippen LogP contribution in [0.4, 0.5) is 5.69 Å². The Morgan fingerprint density at radius 1 is 1.39 bits per heavy atom. The monoisotopic (exact) mass is 388 g/mol. The van der Waals surface area contributed by atoms with E-state index in [1.54, 1.807) is 0 Å². The van der Waals surface area contributed by atoms with Gasteiger partial charge in [0.1, 0.15) is 6.54 Å². The number of aryl methyl sites for hydroxylation is 1. The highest BCUT2D eigenvalue weighted by Crippen LogP contribution is 2.20. The maximum Gasteiger partial charge on any atom is 0.232 e. The SMILES string of the molecule is CCNC(=NCc1noc(C(C)(C)C)n1)NC1CCCN(c2cnn(C)c2)C1. The molecule has 1 aliphatic rings. The van der Waals surface area contributed by atoms with Crippen LogP contribution in [-0.4, -0.2) is 51.6 Å². The minimum Gasteiger partial charge on any atom is -0.367 e. The van der Waals surface area contributed by atoms with Crippen LogP contribution >= 0.6 is 0 Å². The zero-order valence-corrected chi connectivity index (χ0v) is 17.6. The van der Waals surface area contributed by atoms with Crippen LogP contribution in [0.25, 0.3) is 0 Å². The molecule has 2 aromatic heterocycles. The Labute approximate surface area is 166 Å². The minimum atomic E-state index is -0.157. The van der Waals surface area contributed by atoms with Crippen molar-refractivity contribution in [2.75, 3.05) is 24.5 Å². The predicted molar refractivity (Wildman–Crippen MR) is 109 cm³/mol. The van der Waals surface area contributed by atoms with Crippen LogP contribution in [0.5, 0.6) is 0 Å². The molecule has 1 unspecified atom stereocenters. The smallest absolute Gasteiger partial charge is 0.232 e. The summed E-state index contributed by atoms with van der Waals surface area (Å²) in [6.07, 6.45) is 6.22. The fourth-order valence-electron chi connectivity index (χ4n) is 3.19. The van der Waals surface area contributed by atoms with Crippen LogP contribution in [0.2, 0.25) is 0 Å². The zero-order chi connectivity index (χ0) is 20.1. The second-order valence-electron chi connectivity index (χ2n) is 8.26. The van der Waals surface area contributed by atoms with E-state index in [0.717, 1.165) is 44.1 Å². The molecule has 9 nitrogen and oxygen atoms in total. The number of aliphatic imine (C=N–C) groups is 1. The van der Waals surface area contributed by atoms with Crippen molar-refractivity contribution in [3.63, 3.8) is 0 Å². The zero-order valence-electron chi connectivity index (χ0n) is 17.6. The van der Waals surface area contributed by atoms with Crippen LogP contribution in [0.3, 0.4) is 0 Å².